The molecule has 38 heavy (non-hydrogen) atoms. The number of hydrogen-bond donors (Lipinski definition) is 2. The Morgan fingerprint density at radius 3 is 2.50 bits per heavy atom. The van der Waals surface area contributed by atoms with E-state index in [1.54, 1.807) is 23.1 Å². The maximum Gasteiger partial charge on any atom is 0.245 e. The van der Waals surface area contributed by atoms with Gasteiger partial charge in [-0.05, 0) is 69.3 Å². The summed E-state index contributed by atoms with van der Waals surface area (Å²) in [5.41, 5.74) is 1.82. The molecular weight excluding hydrogens is 483 g/mol. The zero-order chi connectivity index (χ0) is 26.9. The highest BCUT2D eigenvalue weighted by Crippen LogP contribution is 2.43. The first-order valence-corrected chi connectivity index (χ1v) is 13.7. The number of amides is 3. The summed E-state index contributed by atoms with van der Waals surface area (Å²) in [5.74, 6) is -0.851. The molecule has 7 nitrogen and oxygen atoms in total. The number of benzene rings is 2. The van der Waals surface area contributed by atoms with E-state index in [2.05, 4.69) is 10.6 Å². The van der Waals surface area contributed by atoms with Crippen LogP contribution in [0.1, 0.15) is 50.7 Å². The van der Waals surface area contributed by atoms with Crippen LogP contribution >= 0.6 is 0 Å². The highest BCUT2D eigenvalue weighted by Gasteiger charge is 2.47. The fourth-order valence-corrected chi connectivity index (χ4v) is 6.11. The van der Waals surface area contributed by atoms with Gasteiger partial charge in [0.25, 0.3) is 0 Å². The second kappa shape index (κ2) is 10.8. The second-order valence-electron chi connectivity index (χ2n) is 11.3. The predicted molar refractivity (Wildman–Crippen MR) is 144 cm³/mol. The van der Waals surface area contributed by atoms with Crippen LogP contribution in [0.3, 0.4) is 0 Å². The van der Waals surface area contributed by atoms with E-state index in [1.165, 1.54) is 6.07 Å². The monoisotopic (exact) mass is 520 g/mol. The molecule has 8 heteroatoms. The van der Waals surface area contributed by atoms with Crippen molar-refractivity contribution in [2.24, 2.45) is 5.92 Å². The van der Waals surface area contributed by atoms with Gasteiger partial charge in [0.2, 0.25) is 17.7 Å². The third kappa shape index (κ3) is 5.06. The van der Waals surface area contributed by atoms with Gasteiger partial charge in [-0.3, -0.25) is 14.4 Å². The summed E-state index contributed by atoms with van der Waals surface area (Å²) < 4.78 is 14.5. The number of rotatable bonds is 6. The van der Waals surface area contributed by atoms with Crippen LogP contribution in [-0.4, -0.2) is 60.9 Å². The van der Waals surface area contributed by atoms with Crippen LogP contribution in [0.4, 0.5) is 10.1 Å². The zero-order valence-corrected chi connectivity index (χ0v) is 22.2. The molecule has 0 spiro atoms. The van der Waals surface area contributed by atoms with Gasteiger partial charge in [0.1, 0.15) is 11.9 Å². The highest BCUT2D eigenvalue weighted by atomic mass is 19.1. The molecule has 3 heterocycles. The minimum Gasteiger partial charge on any atom is -0.344 e. The number of para-hydroxylation sites is 1. The molecule has 0 saturated carbocycles. The van der Waals surface area contributed by atoms with E-state index in [9.17, 15) is 18.8 Å². The number of hydrogen-bond acceptors (Lipinski definition) is 4. The summed E-state index contributed by atoms with van der Waals surface area (Å²) in [6, 6.07) is 13.5. The van der Waals surface area contributed by atoms with Gasteiger partial charge in [-0.15, -0.1) is 0 Å². The first kappa shape index (κ1) is 26.4. The van der Waals surface area contributed by atoms with Crippen molar-refractivity contribution in [3.8, 4) is 0 Å². The fourth-order valence-electron chi connectivity index (χ4n) is 6.11. The molecule has 2 aromatic carbocycles. The van der Waals surface area contributed by atoms with Crippen molar-refractivity contribution in [1.82, 2.24) is 15.5 Å². The van der Waals surface area contributed by atoms with E-state index in [0.717, 1.165) is 30.6 Å². The Labute approximate surface area is 223 Å². The normalized spacial score (nSPS) is 22.2. The van der Waals surface area contributed by atoms with Crippen molar-refractivity contribution in [3.63, 3.8) is 0 Å². The van der Waals surface area contributed by atoms with Gasteiger partial charge < -0.3 is 20.4 Å². The minimum absolute atomic E-state index is 0.00222. The molecule has 2 atom stereocenters. The van der Waals surface area contributed by atoms with Crippen LogP contribution in [0.5, 0.6) is 0 Å². The van der Waals surface area contributed by atoms with E-state index in [0.29, 0.717) is 38.0 Å². The maximum absolute atomic E-state index is 14.5. The number of carbonyl (C=O) groups is 3. The van der Waals surface area contributed by atoms with E-state index >= 15 is 0 Å². The Kier molecular flexibility index (Phi) is 7.52. The van der Waals surface area contributed by atoms with Gasteiger partial charge in [-0.25, -0.2) is 4.39 Å². The summed E-state index contributed by atoms with van der Waals surface area (Å²) in [6.07, 6.45) is 3.08. The molecule has 3 aliphatic rings. The molecule has 5 rings (SSSR count). The zero-order valence-electron chi connectivity index (χ0n) is 22.2. The van der Waals surface area contributed by atoms with Gasteiger partial charge >= 0.3 is 0 Å². The highest BCUT2D eigenvalue weighted by molar-refractivity contribution is 6.08. The summed E-state index contributed by atoms with van der Waals surface area (Å²) in [7, 11) is 0. The van der Waals surface area contributed by atoms with Crippen molar-refractivity contribution < 1.29 is 18.8 Å². The number of fused-ring (bicyclic) bond motifs is 1. The lowest BCUT2D eigenvalue weighted by atomic mass is 9.86. The Bertz CT molecular complexity index is 1200. The van der Waals surface area contributed by atoms with Crippen molar-refractivity contribution in [2.75, 3.05) is 31.1 Å². The topological polar surface area (TPSA) is 81.8 Å². The van der Waals surface area contributed by atoms with Crippen LogP contribution in [0.15, 0.2) is 48.5 Å². The molecule has 0 aromatic heterocycles. The standard InChI is InChI=1S/C30H37FN4O3/c1-30(2)23-10-4-6-12-26(23)35(29(30)38)22-13-16-34(17-14-22)28(37)25(18-20-8-3-5-11-24(20)31)33-27(36)21-9-7-15-32-19-21/h3-6,8,10-12,21-22,25,32H,7,9,13-19H2,1-2H3,(H,33,36)/t21-,25+/m1/s1. The Morgan fingerprint density at radius 1 is 1.08 bits per heavy atom. The number of carbonyl (C=O) groups excluding carboxylic acids is 3. The molecule has 3 amide bonds. The molecule has 0 radical (unpaired) electrons. The molecule has 0 aliphatic carbocycles. The first-order valence-electron chi connectivity index (χ1n) is 13.7. The summed E-state index contributed by atoms with van der Waals surface area (Å²) in [6.45, 7) is 6.35. The van der Waals surface area contributed by atoms with E-state index in [1.807, 2.05) is 43.0 Å². The van der Waals surface area contributed by atoms with Gasteiger partial charge in [0, 0.05) is 37.8 Å². The Hall–Kier alpha value is -3.26. The van der Waals surface area contributed by atoms with Crippen LogP contribution in [0.25, 0.3) is 0 Å². The van der Waals surface area contributed by atoms with Gasteiger partial charge in [-0.2, -0.15) is 0 Å². The number of anilines is 1. The quantitative estimate of drug-likeness (QED) is 0.613. The van der Waals surface area contributed by atoms with Crippen molar-refractivity contribution in [3.05, 3.63) is 65.5 Å². The molecule has 2 aromatic rings. The summed E-state index contributed by atoms with van der Waals surface area (Å²) >= 11 is 0. The average Bonchev–Trinajstić information content (AvgIpc) is 3.14. The SMILES string of the molecule is CC1(C)C(=O)N(C2CCN(C(=O)[C@H](Cc3ccccc3F)NC(=O)[C@@H]3CCCNC3)CC2)c2ccccc21. The smallest absolute Gasteiger partial charge is 0.245 e. The number of piperidine rings is 2. The van der Waals surface area contributed by atoms with Crippen LogP contribution in [-0.2, 0) is 26.2 Å². The number of nitrogens with one attached hydrogen (secondary N) is 2. The lowest BCUT2D eigenvalue weighted by Gasteiger charge is -2.39. The van der Waals surface area contributed by atoms with Gasteiger partial charge in [0.15, 0.2) is 0 Å². The summed E-state index contributed by atoms with van der Waals surface area (Å²) in [5, 5.41) is 6.20. The molecule has 3 aliphatic heterocycles. The average molecular weight is 521 g/mol. The predicted octanol–water partition coefficient (Wildman–Crippen LogP) is 3.17. The Morgan fingerprint density at radius 2 is 1.79 bits per heavy atom. The summed E-state index contributed by atoms with van der Waals surface area (Å²) in [4.78, 5) is 43.8. The van der Waals surface area contributed by atoms with Crippen molar-refractivity contribution in [2.45, 2.75) is 63.5 Å². The first-order chi connectivity index (χ1) is 18.3. The molecule has 0 bridgehead atoms. The number of likely N-dealkylation sites (tertiary alicyclic amines) is 1. The fraction of sp³-hybridized carbons (Fsp3) is 0.500. The third-order valence-corrected chi connectivity index (χ3v) is 8.40. The molecule has 2 N–H and O–H groups in total. The van der Waals surface area contributed by atoms with Gasteiger partial charge in [0.05, 0.1) is 11.3 Å². The number of halogens is 1. The Balaban J connectivity index is 1.29. The minimum atomic E-state index is -0.842. The van der Waals surface area contributed by atoms with Crippen molar-refractivity contribution >= 4 is 23.4 Å². The largest absolute Gasteiger partial charge is 0.344 e. The van der Waals surface area contributed by atoms with Crippen LogP contribution < -0.4 is 15.5 Å². The van der Waals surface area contributed by atoms with Crippen LogP contribution in [0, 0.1) is 11.7 Å². The van der Waals surface area contributed by atoms with E-state index in [4.69, 9.17) is 0 Å². The maximum atomic E-state index is 14.5. The van der Waals surface area contributed by atoms with Gasteiger partial charge in [-0.1, -0.05) is 36.4 Å². The molecule has 202 valence electrons. The molecular formula is C30H37FN4O3. The van der Waals surface area contributed by atoms with E-state index in [-0.39, 0.29) is 41.9 Å². The second-order valence-corrected chi connectivity index (χ2v) is 11.3. The van der Waals surface area contributed by atoms with Crippen LogP contribution in [0.2, 0.25) is 0 Å². The van der Waals surface area contributed by atoms with E-state index < -0.39 is 11.5 Å². The molecule has 0 unspecified atom stereocenters. The third-order valence-electron chi connectivity index (χ3n) is 8.40. The molecule has 2 saturated heterocycles. The molecule has 2 fully saturated rings. The van der Waals surface area contributed by atoms with Crippen molar-refractivity contribution in [1.29, 1.82) is 0 Å². The lowest BCUT2D eigenvalue weighted by molar-refractivity contribution is -0.138. The number of nitrogens with zero attached hydrogens (tertiary/aromatic N) is 2. The lowest BCUT2D eigenvalue weighted by Crippen LogP contribution is -2.56.